The highest BCUT2D eigenvalue weighted by Crippen LogP contribution is 2.24. The summed E-state index contributed by atoms with van der Waals surface area (Å²) in [5.41, 5.74) is 0.923. The van der Waals surface area contributed by atoms with E-state index in [1.165, 1.54) is 27.1 Å². The van der Waals surface area contributed by atoms with E-state index in [1.54, 1.807) is 24.3 Å². The molecule has 1 aliphatic heterocycles. The summed E-state index contributed by atoms with van der Waals surface area (Å²) in [6.07, 6.45) is 2.68. The Morgan fingerprint density at radius 3 is 2.41 bits per heavy atom. The van der Waals surface area contributed by atoms with E-state index in [9.17, 15) is 18.0 Å². The number of fused-ring (bicyclic) bond motifs is 1. The van der Waals surface area contributed by atoms with Crippen molar-refractivity contribution in [2.45, 2.75) is 30.7 Å². The van der Waals surface area contributed by atoms with Crippen LogP contribution in [-0.4, -0.2) is 36.2 Å². The molecule has 0 radical (unpaired) electrons. The molecule has 0 aliphatic carbocycles. The number of piperidine rings is 1. The van der Waals surface area contributed by atoms with Crippen LogP contribution in [0.1, 0.15) is 29.6 Å². The number of carbonyl (C=O) groups excluding carboxylic acids is 1. The Labute approximate surface area is 172 Å². The van der Waals surface area contributed by atoms with Gasteiger partial charge < -0.3 is 4.42 Å². The first kappa shape index (κ1) is 19.9. The number of halogens is 1. The van der Waals surface area contributed by atoms with E-state index in [0.29, 0.717) is 29.2 Å². The Morgan fingerprint density at radius 2 is 1.72 bits per heavy atom. The van der Waals surface area contributed by atoms with Crippen LogP contribution >= 0.6 is 11.6 Å². The molecular formula is C20H19ClN2O5S. The second-order valence-corrected chi connectivity index (χ2v) is 9.35. The summed E-state index contributed by atoms with van der Waals surface area (Å²) >= 11 is 5.84. The van der Waals surface area contributed by atoms with Crippen LogP contribution < -0.4 is 5.76 Å². The van der Waals surface area contributed by atoms with Gasteiger partial charge in [-0.15, -0.1) is 0 Å². The second-order valence-electron chi connectivity index (χ2n) is 6.98. The lowest BCUT2D eigenvalue weighted by Gasteiger charge is -2.25. The third-order valence-corrected chi connectivity index (χ3v) is 7.21. The van der Waals surface area contributed by atoms with Gasteiger partial charge in [-0.1, -0.05) is 18.0 Å². The number of nitrogens with zero attached hydrogens (tertiary/aromatic N) is 2. The van der Waals surface area contributed by atoms with Gasteiger partial charge in [0, 0.05) is 29.7 Å². The summed E-state index contributed by atoms with van der Waals surface area (Å²) in [5, 5.41) is 0.509. The van der Waals surface area contributed by atoms with Crippen LogP contribution in [0.3, 0.4) is 0 Å². The fourth-order valence-corrected chi connectivity index (χ4v) is 5.14. The molecule has 0 unspecified atom stereocenters. The maximum absolute atomic E-state index is 12.8. The van der Waals surface area contributed by atoms with Crippen LogP contribution in [-0.2, 0) is 16.6 Å². The lowest BCUT2D eigenvalue weighted by Crippen LogP contribution is -2.35. The molecule has 2 aromatic carbocycles. The van der Waals surface area contributed by atoms with Gasteiger partial charge in [-0.05, 0) is 49.2 Å². The van der Waals surface area contributed by atoms with E-state index < -0.39 is 15.8 Å². The van der Waals surface area contributed by atoms with Crippen LogP contribution in [0.5, 0.6) is 0 Å². The predicted octanol–water partition coefficient (Wildman–Crippen LogP) is 3.31. The number of Topliss-reactive ketones (excluding diaryl/α,β-unsaturated/α-hetero) is 1. The molecule has 1 aromatic heterocycles. The van der Waals surface area contributed by atoms with Gasteiger partial charge in [0.05, 0.1) is 17.0 Å². The predicted molar refractivity (Wildman–Crippen MR) is 109 cm³/mol. The highest BCUT2D eigenvalue weighted by atomic mass is 35.5. The number of aromatic nitrogens is 1. The van der Waals surface area contributed by atoms with Gasteiger partial charge >= 0.3 is 5.76 Å². The van der Waals surface area contributed by atoms with Gasteiger partial charge in [0.15, 0.2) is 11.4 Å². The molecule has 3 aromatic rings. The number of sulfonamides is 1. The van der Waals surface area contributed by atoms with Crippen LogP contribution in [0.2, 0.25) is 5.02 Å². The summed E-state index contributed by atoms with van der Waals surface area (Å²) in [6.45, 7) is 0.757. The number of ketones is 1. The van der Waals surface area contributed by atoms with Crippen molar-refractivity contribution in [3.63, 3.8) is 0 Å². The zero-order chi connectivity index (χ0) is 20.6. The molecule has 1 fully saturated rings. The van der Waals surface area contributed by atoms with Crippen LogP contribution in [0.4, 0.5) is 0 Å². The molecule has 4 rings (SSSR count). The molecule has 0 N–H and O–H groups in total. The zero-order valence-electron chi connectivity index (χ0n) is 15.5. The lowest BCUT2D eigenvalue weighted by molar-refractivity contribution is 0.0970. The maximum Gasteiger partial charge on any atom is 0.420 e. The fraction of sp³-hybridized carbons (Fsp3) is 0.300. The smallest absolute Gasteiger partial charge is 0.408 e. The number of hydrogen-bond acceptors (Lipinski definition) is 5. The molecule has 7 nitrogen and oxygen atoms in total. The Morgan fingerprint density at radius 1 is 1.03 bits per heavy atom. The van der Waals surface area contributed by atoms with Crippen molar-refractivity contribution in [1.29, 1.82) is 0 Å². The van der Waals surface area contributed by atoms with Crippen LogP contribution in [0.15, 0.2) is 56.6 Å². The molecule has 152 valence electrons. The largest absolute Gasteiger partial charge is 0.420 e. The fourth-order valence-electron chi connectivity index (χ4n) is 3.48. The Balaban J connectivity index is 1.65. The van der Waals surface area contributed by atoms with Crippen molar-refractivity contribution in [2.75, 3.05) is 13.1 Å². The van der Waals surface area contributed by atoms with Crippen LogP contribution in [0.25, 0.3) is 11.1 Å². The molecule has 2 heterocycles. The molecule has 0 amide bonds. The standard InChI is InChI=1S/C20H19ClN2O5S/c21-15-6-4-14(5-7-15)18(24)13-23-17-9-8-16(12-19(17)28-20(23)25)29(26,27)22-10-2-1-3-11-22/h4-9,12H,1-3,10-11,13H2. The molecule has 1 aliphatic rings. The number of carbonyl (C=O) groups is 1. The third-order valence-electron chi connectivity index (χ3n) is 5.06. The summed E-state index contributed by atoms with van der Waals surface area (Å²) in [5.74, 6) is -0.994. The van der Waals surface area contributed by atoms with Crippen molar-refractivity contribution >= 4 is 38.5 Å². The van der Waals surface area contributed by atoms with Gasteiger partial charge in [-0.3, -0.25) is 9.36 Å². The highest BCUT2D eigenvalue weighted by molar-refractivity contribution is 7.89. The molecule has 0 atom stereocenters. The molecule has 29 heavy (non-hydrogen) atoms. The van der Waals surface area contributed by atoms with E-state index >= 15 is 0 Å². The van der Waals surface area contributed by atoms with Gasteiger partial charge in [0.25, 0.3) is 0 Å². The number of hydrogen-bond donors (Lipinski definition) is 0. The van der Waals surface area contributed by atoms with Gasteiger partial charge in [0.2, 0.25) is 10.0 Å². The Kier molecular flexibility index (Phi) is 5.33. The highest BCUT2D eigenvalue weighted by Gasteiger charge is 2.27. The number of oxazole rings is 1. The normalized spacial score (nSPS) is 15.6. The van der Waals surface area contributed by atoms with Crippen molar-refractivity contribution in [3.8, 4) is 0 Å². The molecular weight excluding hydrogens is 416 g/mol. The average Bonchev–Trinajstić information content (AvgIpc) is 3.03. The first-order valence-electron chi connectivity index (χ1n) is 9.28. The van der Waals surface area contributed by atoms with Crippen LogP contribution in [0, 0.1) is 0 Å². The van der Waals surface area contributed by atoms with E-state index in [4.69, 9.17) is 16.0 Å². The first-order valence-corrected chi connectivity index (χ1v) is 11.1. The van der Waals surface area contributed by atoms with E-state index in [0.717, 1.165) is 19.3 Å². The third kappa shape index (κ3) is 3.88. The molecule has 0 saturated carbocycles. The minimum absolute atomic E-state index is 0.0804. The van der Waals surface area contributed by atoms with E-state index in [1.807, 2.05) is 0 Å². The van der Waals surface area contributed by atoms with Crippen molar-refractivity contribution in [3.05, 3.63) is 63.6 Å². The van der Waals surface area contributed by atoms with Crippen molar-refractivity contribution in [1.82, 2.24) is 8.87 Å². The molecule has 0 spiro atoms. The summed E-state index contributed by atoms with van der Waals surface area (Å²) in [4.78, 5) is 24.9. The first-order chi connectivity index (χ1) is 13.9. The summed E-state index contributed by atoms with van der Waals surface area (Å²) < 4.78 is 33.6. The minimum atomic E-state index is -3.64. The van der Waals surface area contributed by atoms with Gasteiger partial charge in [0.1, 0.15) is 0 Å². The van der Waals surface area contributed by atoms with E-state index in [-0.39, 0.29) is 22.8 Å². The summed E-state index contributed by atoms with van der Waals surface area (Å²) in [6, 6.07) is 10.7. The quantitative estimate of drug-likeness (QED) is 0.575. The minimum Gasteiger partial charge on any atom is -0.408 e. The van der Waals surface area contributed by atoms with Crippen molar-refractivity contribution < 1.29 is 17.6 Å². The maximum atomic E-state index is 12.8. The molecule has 1 saturated heterocycles. The zero-order valence-corrected chi connectivity index (χ0v) is 17.1. The lowest BCUT2D eigenvalue weighted by atomic mass is 10.1. The topological polar surface area (TPSA) is 89.6 Å². The van der Waals surface area contributed by atoms with Gasteiger partial charge in [-0.25, -0.2) is 13.2 Å². The average molecular weight is 435 g/mol. The SMILES string of the molecule is O=C(Cn1c(=O)oc2cc(S(=O)(=O)N3CCCCC3)ccc21)c1ccc(Cl)cc1. The van der Waals surface area contributed by atoms with Crippen molar-refractivity contribution in [2.24, 2.45) is 0 Å². The number of rotatable bonds is 5. The Hall–Kier alpha value is -2.42. The van der Waals surface area contributed by atoms with E-state index in [2.05, 4.69) is 0 Å². The Bertz CT molecular complexity index is 1220. The monoisotopic (exact) mass is 434 g/mol. The molecule has 0 bridgehead atoms. The summed E-state index contributed by atoms with van der Waals surface area (Å²) in [7, 11) is -3.64. The molecule has 9 heteroatoms. The number of benzene rings is 2. The second kappa shape index (κ2) is 7.78. The van der Waals surface area contributed by atoms with Gasteiger partial charge in [-0.2, -0.15) is 4.31 Å².